The van der Waals surface area contributed by atoms with Gasteiger partial charge < -0.3 is 5.32 Å². The van der Waals surface area contributed by atoms with Crippen LogP contribution in [0.25, 0.3) is 0 Å². The molecule has 0 aromatic heterocycles. The van der Waals surface area contributed by atoms with Crippen LogP contribution >= 0.6 is 12.4 Å². The van der Waals surface area contributed by atoms with Crippen molar-refractivity contribution >= 4 is 12.4 Å². The van der Waals surface area contributed by atoms with Gasteiger partial charge in [0, 0.05) is 6.04 Å². The molecule has 0 aromatic carbocycles. The zero-order chi connectivity index (χ0) is 7.97. The van der Waals surface area contributed by atoms with E-state index in [1.165, 1.54) is 38.6 Å². The first-order chi connectivity index (χ1) is 5.95. The average Bonchev–Trinajstić information content (AvgIpc) is 2.52. The topological polar surface area (TPSA) is 12.0 Å². The number of allylic oxidation sites excluding steroid dienone is 1. The van der Waals surface area contributed by atoms with Crippen LogP contribution in [0, 0.1) is 0 Å². The number of hydrogen-bond acceptors (Lipinski definition) is 1. The Bertz CT molecular complexity index is 278. The second-order valence-electron chi connectivity index (χ2n) is 4.08. The second-order valence-corrected chi connectivity index (χ2v) is 4.08. The lowest BCUT2D eigenvalue weighted by molar-refractivity contribution is 0.539. The lowest BCUT2D eigenvalue weighted by Gasteiger charge is -2.27. The van der Waals surface area contributed by atoms with Crippen LogP contribution in [0.4, 0.5) is 0 Å². The van der Waals surface area contributed by atoms with Crippen LogP contribution in [-0.4, -0.2) is 12.6 Å². The zero-order valence-electron chi connectivity index (χ0n) is 7.81. The molecule has 0 radical (unpaired) electrons. The molecule has 13 heavy (non-hydrogen) atoms. The Hall–Kier alpha value is -0.270. The van der Waals surface area contributed by atoms with Crippen molar-refractivity contribution in [2.45, 2.75) is 38.1 Å². The van der Waals surface area contributed by atoms with Crippen molar-refractivity contribution in [2.24, 2.45) is 0 Å². The summed E-state index contributed by atoms with van der Waals surface area (Å²) in [5.74, 6) is 0. The van der Waals surface area contributed by atoms with Crippen LogP contribution in [0.5, 0.6) is 0 Å². The Balaban J connectivity index is 0.000000653. The van der Waals surface area contributed by atoms with Gasteiger partial charge in [-0.3, -0.25) is 0 Å². The van der Waals surface area contributed by atoms with Gasteiger partial charge in [0.1, 0.15) is 0 Å². The predicted molar refractivity (Wildman–Crippen MR) is 57.2 cm³/mol. The average molecular weight is 198 g/mol. The van der Waals surface area contributed by atoms with Gasteiger partial charge in [-0.05, 0) is 49.8 Å². The van der Waals surface area contributed by atoms with Crippen LogP contribution in [0.3, 0.4) is 0 Å². The van der Waals surface area contributed by atoms with Crippen LogP contribution in [-0.2, 0) is 0 Å². The molecule has 1 aliphatic heterocycles. The van der Waals surface area contributed by atoms with Gasteiger partial charge >= 0.3 is 0 Å². The van der Waals surface area contributed by atoms with E-state index in [1.807, 2.05) is 0 Å². The molecule has 0 saturated heterocycles. The molecule has 1 saturated carbocycles. The van der Waals surface area contributed by atoms with Crippen molar-refractivity contribution in [1.29, 1.82) is 0 Å². The predicted octanol–water partition coefficient (Wildman–Crippen LogP) is 2.58. The maximum absolute atomic E-state index is 3.61. The van der Waals surface area contributed by atoms with E-state index < -0.39 is 0 Å². The molecule has 0 spiro atoms. The third-order valence-electron chi connectivity index (χ3n) is 3.43. The van der Waals surface area contributed by atoms with Crippen molar-refractivity contribution in [2.75, 3.05) is 6.54 Å². The lowest BCUT2D eigenvalue weighted by Crippen LogP contribution is -2.34. The summed E-state index contributed by atoms with van der Waals surface area (Å²) in [6, 6.07) is 0.736. The molecule has 1 nitrogen and oxygen atoms in total. The van der Waals surface area contributed by atoms with Crippen molar-refractivity contribution in [3.8, 4) is 0 Å². The molecule has 1 heterocycles. The van der Waals surface area contributed by atoms with Gasteiger partial charge in [-0.25, -0.2) is 0 Å². The van der Waals surface area contributed by atoms with E-state index in [4.69, 9.17) is 0 Å². The number of halogens is 1. The molecule has 2 aliphatic carbocycles. The fourth-order valence-corrected chi connectivity index (χ4v) is 2.90. The van der Waals surface area contributed by atoms with Crippen molar-refractivity contribution in [3.05, 3.63) is 22.8 Å². The van der Waals surface area contributed by atoms with Crippen LogP contribution < -0.4 is 5.32 Å². The highest BCUT2D eigenvalue weighted by Gasteiger charge is 2.31. The standard InChI is InChI=1S/C11H15N.ClH/c1-2-8-4-5-10-11(8)9(3-1)6-7-12-10;/h2,10,12H,1,3-7H2;1H. The van der Waals surface area contributed by atoms with E-state index in [2.05, 4.69) is 11.4 Å². The normalized spacial score (nSPS) is 30.8. The van der Waals surface area contributed by atoms with E-state index in [-0.39, 0.29) is 12.4 Å². The Morgan fingerprint density at radius 2 is 2.15 bits per heavy atom. The monoisotopic (exact) mass is 197 g/mol. The summed E-state index contributed by atoms with van der Waals surface area (Å²) in [6.07, 6.45) is 9.11. The molecule has 1 atom stereocenters. The number of nitrogens with one attached hydrogen (secondary N) is 1. The summed E-state index contributed by atoms with van der Waals surface area (Å²) >= 11 is 0. The third-order valence-corrected chi connectivity index (χ3v) is 3.43. The Kier molecular flexibility index (Phi) is 2.48. The van der Waals surface area contributed by atoms with Gasteiger partial charge in [0.25, 0.3) is 0 Å². The van der Waals surface area contributed by atoms with Gasteiger partial charge in [-0.1, -0.05) is 11.6 Å². The van der Waals surface area contributed by atoms with Gasteiger partial charge in [-0.15, -0.1) is 12.4 Å². The zero-order valence-corrected chi connectivity index (χ0v) is 8.62. The summed E-state index contributed by atoms with van der Waals surface area (Å²) in [4.78, 5) is 0. The van der Waals surface area contributed by atoms with Gasteiger partial charge in [-0.2, -0.15) is 0 Å². The largest absolute Gasteiger partial charge is 0.310 e. The highest BCUT2D eigenvalue weighted by atomic mass is 35.5. The summed E-state index contributed by atoms with van der Waals surface area (Å²) in [5.41, 5.74) is 5.16. The molecule has 1 unspecified atom stereocenters. The first-order valence-corrected chi connectivity index (χ1v) is 5.10. The SMILES string of the molecule is C1=C2CCC3NCCC(=C23)CC1.Cl. The van der Waals surface area contributed by atoms with Gasteiger partial charge in [0.2, 0.25) is 0 Å². The summed E-state index contributed by atoms with van der Waals surface area (Å²) in [7, 11) is 0. The molecule has 1 fully saturated rings. The smallest absolute Gasteiger partial charge is 0.0325 e. The molecular formula is C11H16ClN. The molecule has 0 bridgehead atoms. The molecular weight excluding hydrogens is 182 g/mol. The van der Waals surface area contributed by atoms with E-state index in [0.29, 0.717) is 0 Å². The maximum Gasteiger partial charge on any atom is 0.0325 e. The highest BCUT2D eigenvalue weighted by Crippen LogP contribution is 2.40. The van der Waals surface area contributed by atoms with Crippen molar-refractivity contribution in [3.63, 3.8) is 0 Å². The third kappa shape index (κ3) is 1.35. The summed E-state index contributed by atoms with van der Waals surface area (Å²) in [6.45, 7) is 1.22. The van der Waals surface area contributed by atoms with Crippen molar-refractivity contribution in [1.82, 2.24) is 5.32 Å². The minimum absolute atomic E-state index is 0. The summed E-state index contributed by atoms with van der Waals surface area (Å²) < 4.78 is 0. The minimum atomic E-state index is 0. The van der Waals surface area contributed by atoms with Crippen LogP contribution in [0.1, 0.15) is 32.1 Å². The molecule has 3 aliphatic rings. The molecule has 0 amide bonds. The molecule has 72 valence electrons. The van der Waals surface area contributed by atoms with E-state index in [9.17, 15) is 0 Å². The first kappa shape index (κ1) is 9.29. The fraction of sp³-hybridized carbons (Fsp3) is 0.636. The van der Waals surface area contributed by atoms with Crippen LogP contribution in [0.15, 0.2) is 22.8 Å². The summed E-state index contributed by atoms with van der Waals surface area (Å²) in [5, 5.41) is 3.61. The second kappa shape index (κ2) is 3.47. The Labute approximate surface area is 85.7 Å². The van der Waals surface area contributed by atoms with Crippen molar-refractivity contribution < 1.29 is 0 Å². The molecule has 1 N–H and O–H groups in total. The lowest BCUT2D eigenvalue weighted by atomic mass is 9.87. The Morgan fingerprint density at radius 3 is 3.08 bits per heavy atom. The Morgan fingerprint density at radius 1 is 1.23 bits per heavy atom. The highest BCUT2D eigenvalue weighted by molar-refractivity contribution is 5.85. The maximum atomic E-state index is 3.61. The molecule has 3 rings (SSSR count). The first-order valence-electron chi connectivity index (χ1n) is 5.10. The van der Waals surface area contributed by atoms with Gasteiger partial charge in [0.05, 0.1) is 0 Å². The van der Waals surface area contributed by atoms with Crippen LogP contribution in [0.2, 0.25) is 0 Å². The fourth-order valence-electron chi connectivity index (χ4n) is 2.90. The number of rotatable bonds is 0. The molecule has 2 heteroatoms. The number of hydrogen-bond donors (Lipinski definition) is 1. The van der Waals surface area contributed by atoms with Gasteiger partial charge in [0.15, 0.2) is 0 Å². The quantitative estimate of drug-likeness (QED) is 0.630. The van der Waals surface area contributed by atoms with E-state index >= 15 is 0 Å². The minimum Gasteiger partial charge on any atom is -0.310 e. The van der Waals surface area contributed by atoms with E-state index in [0.717, 1.165) is 6.04 Å². The molecule has 0 aromatic rings. The van der Waals surface area contributed by atoms with E-state index in [1.54, 1.807) is 16.7 Å².